The number of halogens is 6. The van der Waals surface area contributed by atoms with E-state index in [-0.39, 0.29) is 48.6 Å². The molecule has 0 atom stereocenters. The molecule has 2 aromatic heterocycles. The fourth-order valence-corrected chi connectivity index (χ4v) is 4.39. The second kappa shape index (κ2) is 9.05. The summed E-state index contributed by atoms with van der Waals surface area (Å²) in [4.78, 5) is 20.2. The number of nitrogens with zero attached hydrogens (tertiary/aromatic N) is 4. The molecule has 1 aromatic carbocycles. The Morgan fingerprint density at radius 1 is 1.12 bits per heavy atom. The molecule has 4 rings (SSSR count). The Morgan fingerprint density at radius 2 is 1.79 bits per heavy atom. The van der Waals surface area contributed by atoms with Gasteiger partial charge in [-0.2, -0.15) is 13.2 Å². The van der Waals surface area contributed by atoms with Crippen molar-refractivity contribution in [2.45, 2.75) is 26.4 Å². The van der Waals surface area contributed by atoms with Crippen LogP contribution in [0.5, 0.6) is 0 Å². The number of pyridine rings is 1. The number of amides is 1. The molecular formula is C23H22ClF5N4O. The lowest BCUT2D eigenvalue weighted by Gasteiger charge is -2.36. The zero-order valence-corrected chi connectivity index (χ0v) is 19.2. The lowest BCUT2D eigenvalue weighted by atomic mass is 10.0. The van der Waals surface area contributed by atoms with Crippen LogP contribution in [0.25, 0.3) is 5.65 Å². The molecule has 34 heavy (non-hydrogen) atoms. The number of alkyl halides is 3. The molecular weight excluding hydrogens is 479 g/mol. The van der Waals surface area contributed by atoms with E-state index in [0.29, 0.717) is 12.0 Å². The van der Waals surface area contributed by atoms with Gasteiger partial charge in [-0.25, -0.2) is 13.8 Å². The third-order valence-electron chi connectivity index (χ3n) is 5.69. The molecule has 0 aliphatic carbocycles. The maximum absolute atomic E-state index is 14.1. The number of imidazole rings is 1. The Balaban J connectivity index is 1.61. The highest BCUT2D eigenvalue weighted by Gasteiger charge is 2.36. The maximum Gasteiger partial charge on any atom is 0.419 e. The maximum atomic E-state index is 14.1. The molecule has 1 aliphatic heterocycles. The number of hydrogen-bond acceptors (Lipinski definition) is 3. The van der Waals surface area contributed by atoms with E-state index in [2.05, 4.69) is 4.98 Å². The van der Waals surface area contributed by atoms with Gasteiger partial charge in [0.15, 0.2) is 11.3 Å². The summed E-state index contributed by atoms with van der Waals surface area (Å²) in [6.07, 6.45) is -2.79. The monoisotopic (exact) mass is 500 g/mol. The molecule has 1 fully saturated rings. The van der Waals surface area contributed by atoms with E-state index in [1.807, 2.05) is 13.8 Å². The van der Waals surface area contributed by atoms with Gasteiger partial charge in [0.05, 0.1) is 11.3 Å². The van der Waals surface area contributed by atoms with Crippen LogP contribution < -0.4 is 4.90 Å². The average Bonchev–Trinajstić information content (AvgIpc) is 3.08. The van der Waals surface area contributed by atoms with Crippen LogP contribution in [0.15, 0.2) is 30.5 Å². The van der Waals surface area contributed by atoms with Gasteiger partial charge in [-0.1, -0.05) is 25.4 Å². The van der Waals surface area contributed by atoms with Crippen molar-refractivity contribution >= 4 is 28.8 Å². The summed E-state index contributed by atoms with van der Waals surface area (Å²) in [5, 5.41) is -0.192. The third-order valence-corrected chi connectivity index (χ3v) is 6.05. The zero-order valence-electron chi connectivity index (χ0n) is 18.5. The van der Waals surface area contributed by atoms with Gasteiger partial charge in [0.1, 0.15) is 16.8 Å². The predicted molar refractivity (Wildman–Crippen MR) is 118 cm³/mol. The molecule has 182 valence electrons. The minimum atomic E-state index is -4.67. The first-order valence-electron chi connectivity index (χ1n) is 10.7. The van der Waals surface area contributed by atoms with Gasteiger partial charge < -0.3 is 9.80 Å². The Kier molecular flexibility index (Phi) is 6.46. The second-order valence-electron chi connectivity index (χ2n) is 8.68. The highest BCUT2D eigenvalue weighted by atomic mass is 35.5. The number of carbonyl (C=O) groups excluding carboxylic acids is 1. The minimum Gasteiger partial charge on any atom is -0.366 e. The normalized spacial score (nSPS) is 15.0. The number of aromatic nitrogens is 2. The van der Waals surface area contributed by atoms with Crippen molar-refractivity contribution in [1.29, 1.82) is 0 Å². The largest absolute Gasteiger partial charge is 0.419 e. The molecule has 1 saturated heterocycles. The summed E-state index contributed by atoms with van der Waals surface area (Å²) in [7, 11) is 0. The number of hydrogen-bond donors (Lipinski definition) is 0. The quantitative estimate of drug-likeness (QED) is 0.448. The molecule has 1 amide bonds. The van der Waals surface area contributed by atoms with E-state index in [0.717, 1.165) is 22.6 Å². The molecule has 0 unspecified atom stereocenters. The first kappa shape index (κ1) is 24.3. The van der Waals surface area contributed by atoms with E-state index in [9.17, 15) is 26.7 Å². The van der Waals surface area contributed by atoms with Crippen LogP contribution in [0.3, 0.4) is 0 Å². The van der Waals surface area contributed by atoms with Crippen molar-refractivity contribution in [2.75, 3.05) is 31.1 Å². The minimum absolute atomic E-state index is 0.115. The van der Waals surface area contributed by atoms with Crippen molar-refractivity contribution < 1.29 is 26.7 Å². The van der Waals surface area contributed by atoms with Gasteiger partial charge in [-0.3, -0.25) is 9.20 Å². The van der Waals surface area contributed by atoms with Crippen LogP contribution in [0.1, 0.15) is 35.5 Å². The van der Waals surface area contributed by atoms with Crippen LogP contribution in [-0.4, -0.2) is 46.4 Å². The van der Waals surface area contributed by atoms with Gasteiger partial charge in [0, 0.05) is 38.4 Å². The SMILES string of the molecule is CC(C)Cc1cc(C(F)(F)F)c2nc(C(=O)N3CCN(c4ccc(F)cc4F)CC3)c(Cl)n2c1. The van der Waals surface area contributed by atoms with E-state index >= 15 is 0 Å². The Hall–Kier alpha value is -2.88. The summed E-state index contributed by atoms with van der Waals surface area (Å²) < 4.78 is 69.6. The third kappa shape index (κ3) is 4.68. The first-order valence-corrected chi connectivity index (χ1v) is 11.1. The summed E-state index contributed by atoms with van der Waals surface area (Å²) in [5.41, 5.74) is -1.01. The lowest BCUT2D eigenvalue weighted by molar-refractivity contribution is -0.136. The van der Waals surface area contributed by atoms with Gasteiger partial charge >= 0.3 is 6.18 Å². The zero-order chi connectivity index (χ0) is 24.8. The molecule has 3 heterocycles. The standard InChI is InChI=1S/C23H22ClF5N4O/c1-13(2)9-14-10-16(23(27,28)29)21-30-19(20(24)33(21)12-14)22(34)32-7-5-31(6-8-32)18-4-3-15(25)11-17(18)26/h3-4,10-13H,5-9H2,1-2H3. The van der Waals surface area contributed by atoms with Gasteiger partial charge in [-0.05, 0) is 36.1 Å². The van der Waals surface area contributed by atoms with E-state index < -0.39 is 34.9 Å². The molecule has 11 heteroatoms. The highest BCUT2D eigenvalue weighted by molar-refractivity contribution is 6.33. The fourth-order valence-electron chi connectivity index (χ4n) is 4.14. The van der Waals surface area contributed by atoms with Gasteiger partial charge in [0.25, 0.3) is 5.91 Å². The van der Waals surface area contributed by atoms with Gasteiger partial charge in [-0.15, -0.1) is 0 Å². The van der Waals surface area contributed by atoms with Crippen LogP contribution in [0.2, 0.25) is 5.15 Å². The smallest absolute Gasteiger partial charge is 0.366 e. The fraction of sp³-hybridized carbons (Fsp3) is 0.391. The Labute approximate surface area is 197 Å². The van der Waals surface area contributed by atoms with Crippen LogP contribution >= 0.6 is 11.6 Å². The second-order valence-corrected chi connectivity index (χ2v) is 9.04. The molecule has 1 aliphatic rings. The number of anilines is 1. The molecule has 0 N–H and O–H groups in total. The number of carbonyl (C=O) groups is 1. The summed E-state index contributed by atoms with van der Waals surface area (Å²) in [6, 6.07) is 4.31. The topological polar surface area (TPSA) is 40.9 Å². The highest BCUT2D eigenvalue weighted by Crippen LogP contribution is 2.35. The Bertz CT molecular complexity index is 1230. The Morgan fingerprint density at radius 3 is 2.38 bits per heavy atom. The molecule has 0 bridgehead atoms. The van der Waals surface area contributed by atoms with E-state index in [1.54, 1.807) is 4.90 Å². The number of fused-ring (bicyclic) bond motifs is 1. The van der Waals surface area contributed by atoms with Gasteiger partial charge in [0.2, 0.25) is 0 Å². The molecule has 0 spiro atoms. The van der Waals surface area contributed by atoms with Crippen LogP contribution in [0.4, 0.5) is 27.6 Å². The summed E-state index contributed by atoms with van der Waals surface area (Å²) >= 11 is 6.35. The summed E-state index contributed by atoms with van der Waals surface area (Å²) in [5.74, 6) is -1.89. The van der Waals surface area contributed by atoms with Crippen molar-refractivity contribution in [3.8, 4) is 0 Å². The summed E-state index contributed by atoms with van der Waals surface area (Å²) in [6.45, 7) is 4.63. The predicted octanol–water partition coefficient (Wildman–Crippen LogP) is 5.45. The molecule has 0 saturated carbocycles. The number of benzene rings is 1. The van der Waals surface area contributed by atoms with Crippen LogP contribution in [0, 0.1) is 17.6 Å². The van der Waals surface area contributed by atoms with E-state index in [4.69, 9.17) is 11.6 Å². The molecule has 3 aromatic rings. The molecule has 0 radical (unpaired) electrons. The van der Waals surface area contributed by atoms with Crippen molar-refractivity contribution in [1.82, 2.24) is 14.3 Å². The number of piperazine rings is 1. The first-order chi connectivity index (χ1) is 16.0. The lowest BCUT2D eigenvalue weighted by Crippen LogP contribution is -2.49. The van der Waals surface area contributed by atoms with Crippen LogP contribution in [-0.2, 0) is 12.6 Å². The van der Waals surface area contributed by atoms with Crippen molar-refractivity contribution in [2.24, 2.45) is 5.92 Å². The van der Waals surface area contributed by atoms with Crippen molar-refractivity contribution in [3.05, 3.63) is 64.1 Å². The average molecular weight is 501 g/mol. The number of rotatable bonds is 4. The molecule has 5 nitrogen and oxygen atoms in total. The van der Waals surface area contributed by atoms with E-state index in [1.165, 1.54) is 17.2 Å². The van der Waals surface area contributed by atoms with Crippen molar-refractivity contribution in [3.63, 3.8) is 0 Å².